The Morgan fingerprint density at radius 3 is 2.89 bits per heavy atom. The highest BCUT2D eigenvalue weighted by Gasteiger charge is 2.26. The van der Waals surface area contributed by atoms with Crippen molar-refractivity contribution in [2.45, 2.75) is 32.4 Å². The number of benzene rings is 1. The molecule has 0 amide bonds. The number of aliphatic hydroxyl groups is 1. The summed E-state index contributed by atoms with van der Waals surface area (Å²) < 4.78 is 2.75. The van der Waals surface area contributed by atoms with E-state index in [1.165, 1.54) is 6.33 Å². The quantitative estimate of drug-likeness (QED) is 0.944. The summed E-state index contributed by atoms with van der Waals surface area (Å²) in [5.74, 6) is 0.794. The van der Waals surface area contributed by atoms with E-state index >= 15 is 0 Å². The average molecular weight is 310 g/mol. The lowest BCUT2D eigenvalue weighted by molar-refractivity contribution is 0.0542. The Morgan fingerprint density at radius 1 is 1.44 bits per heavy atom. The third-order valence-electron chi connectivity index (χ3n) is 2.94. The Balaban J connectivity index is 2.26. The molecule has 0 radical (unpaired) electrons. The van der Waals surface area contributed by atoms with Crippen LogP contribution in [0.15, 0.2) is 35.1 Å². The summed E-state index contributed by atoms with van der Waals surface area (Å²) in [5, 5.41) is 14.7. The van der Waals surface area contributed by atoms with Gasteiger partial charge in [0.05, 0.1) is 5.60 Å². The Labute approximate surface area is 115 Å². The van der Waals surface area contributed by atoms with Crippen LogP contribution < -0.4 is 0 Å². The van der Waals surface area contributed by atoms with Crippen LogP contribution in [-0.4, -0.2) is 19.9 Å². The molecule has 5 heteroatoms. The number of aromatic nitrogens is 3. The molecule has 2 aromatic rings. The number of aryl methyl sites for hydroxylation is 1. The van der Waals surface area contributed by atoms with Gasteiger partial charge >= 0.3 is 0 Å². The standard InChI is InChI=1S/C13H16BrN3O/c1-3-17-12(15-9-16-17)8-13(2,18)10-5-4-6-11(14)7-10/h4-7,9,18H,3,8H2,1-2H3. The predicted octanol–water partition coefficient (Wildman–Crippen LogP) is 2.51. The van der Waals surface area contributed by atoms with Gasteiger partial charge in [-0.3, -0.25) is 4.68 Å². The Morgan fingerprint density at radius 2 is 2.22 bits per heavy atom. The smallest absolute Gasteiger partial charge is 0.138 e. The third-order valence-corrected chi connectivity index (χ3v) is 3.44. The normalized spacial score (nSPS) is 14.4. The molecule has 1 aromatic carbocycles. The van der Waals surface area contributed by atoms with Crippen molar-refractivity contribution in [3.63, 3.8) is 0 Å². The topological polar surface area (TPSA) is 50.9 Å². The zero-order valence-corrected chi connectivity index (χ0v) is 12.1. The molecule has 1 atom stereocenters. The minimum Gasteiger partial charge on any atom is -0.385 e. The van der Waals surface area contributed by atoms with Gasteiger partial charge in [-0.1, -0.05) is 28.1 Å². The van der Waals surface area contributed by atoms with Crippen molar-refractivity contribution in [2.75, 3.05) is 0 Å². The van der Waals surface area contributed by atoms with Gasteiger partial charge in [-0.2, -0.15) is 5.10 Å². The maximum Gasteiger partial charge on any atom is 0.138 e. The first-order valence-electron chi connectivity index (χ1n) is 5.88. The second-order valence-electron chi connectivity index (χ2n) is 4.45. The maximum absolute atomic E-state index is 10.6. The summed E-state index contributed by atoms with van der Waals surface area (Å²) in [5.41, 5.74) is -0.0912. The van der Waals surface area contributed by atoms with Crippen LogP contribution in [0.1, 0.15) is 25.2 Å². The number of halogens is 1. The van der Waals surface area contributed by atoms with Crippen molar-refractivity contribution in [1.82, 2.24) is 14.8 Å². The Kier molecular flexibility index (Phi) is 3.82. The highest BCUT2D eigenvalue weighted by Crippen LogP contribution is 2.26. The van der Waals surface area contributed by atoms with Crippen LogP contribution in [0.5, 0.6) is 0 Å². The van der Waals surface area contributed by atoms with E-state index in [0.717, 1.165) is 22.4 Å². The lowest BCUT2D eigenvalue weighted by Crippen LogP contribution is -2.26. The molecule has 1 aromatic heterocycles. The van der Waals surface area contributed by atoms with E-state index in [9.17, 15) is 5.11 Å². The molecule has 0 spiro atoms. The molecule has 2 rings (SSSR count). The number of nitrogens with zero attached hydrogens (tertiary/aromatic N) is 3. The van der Waals surface area contributed by atoms with Crippen LogP contribution in [0.25, 0.3) is 0 Å². The van der Waals surface area contributed by atoms with Crippen molar-refractivity contribution in [3.05, 3.63) is 46.5 Å². The first-order valence-corrected chi connectivity index (χ1v) is 6.67. The second-order valence-corrected chi connectivity index (χ2v) is 5.37. The molecule has 0 aliphatic carbocycles. The zero-order chi connectivity index (χ0) is 13.2. The van der Waals surface area contributed by atoms with Gasteiger partial charge < -0.3 is 5.11 Å². The highest BCUT2D eigenvalue weighted by molar-refractivity contribution is 9.10. The first-order chi connectivity index (χ1) is 8.53. The third kappa shape index (κ3) is 2.79. The summed E-state index contributed by atoms with van der Waals surface area (Å²) in [6.07, 6.45) is 1.97. The molecule has 0 aliphatic rings. The summed E-state index contributed by atoms with van der Waals surface area (Å²) >= 11 is 3.42. The molecule has 0 aliphatic heterocycles. The minimum atomic E-state index is -0.955. The van der Waals surface area contributed by atoms with E-state index in [0.29, 0.717) is 6.42 Å². The van der Waals surface area contributed by atoms with E-state index < -0.39 is 5.60 Å². The van der Waals surface area contributed by atoms with E-state index in [1.807, 2.05) is 31.2 Å². The van der Waals surface area contributed by atoms with E-state index in [-0.39, 0.29) is 0 Å². The first kappa shape index (κ1) is 13.2. The van der Waals surface area contributed by atoms with Crippen molar-refractivity contribution in [1.29, 1.82) is 0 Å². The number of hydrogen-bond acceptors (Lipinski definition) is 3. The average Bonchev–Trinajstić information content (AvgIpc) is 2.75. The van der Waals surface area contributed by atoms with E-state index in [1.54, 1.807) is 11.6 Å². The molecule has 1 N–H and O–H groups in total. The van der Waals surface area contributed by atoms with Crippen LogP contribution in [0, 0.1) is 0 Å². The molecule has 18 heavy (non-hydrogen) atoms. The van der Waals surface area contributed by atoms with Crippen LogP contribution in [-0.2, 0) is 18.6 Å². The fourth-order valence-electron chi connectivity index (χ4n) is 1.92. The predicted molar refractivity (Wildman–Crippen MR) is 73.1 cm³/mol. The largest absolute Gasteiger partial charge is 0.385 e. The SMILES string of the molecule is CCn1ncnc1CC(C)(O)c1cccc(Br)c1. The summed E-state index contributed by atoms with van der Waals surface area (Å²) in [4.78, 5) is 4.20. The highest BCUT2D eigenvalue weighted by atomic mass is 79.9. The van der Waals surface area contributed by atoms with Crippen LogP contribution in [0.3, 0.4) is 0 Å². The van der Waals surface area contributed by atoms with E-state index in [4.69, 9.17) is 0 Å². The molecule has 0 fully saturated rings. The van der Waals surface area contributed by atoms with E-state index in [2.05, 4.69) is 26.0 Å². The Bertz CT molecular complexity index is 537. The monoisotopic (exact) mass is 309 g/mol. The summed E-state index contributed by atoms with van der Waals surface area (Å²) in [7, 11) is 0. The van der Waals surface area contributed by atoms with Gasteiger partial charge in [-0.05, 0) is 31.5 Å². The molecule has 4 nitrogen and oxygen atoms in total. The van der Waals surface area contributed by atoms with Crippen molar-refractivity contribution >= 4 is 15.9 Å². The molecule has 1 unspecified atom stereocenters. The van der Waals surface area contributed by atoms with Gasteiger partial charge in [0.25, 0.3) is 0 Å². The van der Waals surface area contributed by atoms with Crippen LogP contribution in [0.2, 0.25) is 0 Å². The lowest BCUT2D eigenvalue weighted by atomic mass is 9.92. The van der Waals surface area contributed by atoms with Crippen LogP contribution in [0.4, 0.5) is 0 Å². The molecular formula is C13H16BrN3O. The minimum absolute atomic E-state index is 0.442. The van der Waals surface area contributed by atoms with Gasteiger partial charge in [-0.15, -0.1) is 0 Å². The number of rotatable bonds is 4. The lowest BCUT2D eigenvalue weighted by Gasteiger charge is -2.23. The van der Waals surface area contributed by atoms with Crippen molar-refractivity contribution in [3.8, 4) is 0 Å². The van der Waals surface area contributed by atoms with Gasteiger partial charge in [0.15, 0.2) is 0 Å². The summed E-state index contributed by atoms with van der Waals surface area (Å²) in [6.45, 7) is 4.55. The number of hydrogen-bond donors (Lipinski definition) is 1. The van der Waals surface area contributed by atoms with Gasteiger partial charge in [0.1, 0.15) is 12.2 Å². The molecule has 1 heterocycles. The maximum atomic E-state index is 10.6. The van der Waals surface area contributed by atoms with Gasteiger partial charge in [-0.25, -0.2) is 4.98 Å². The molecule has 0 saturated carbocycles. The van der Waals surface area contributed by atoms with Crippen molar-refractivity contribution in [2.24, 2.45) is 0 Å². The zero-order valence-electron chi connectivity index (χ0n) is 10.5. The summed E-state index contributed by atoms with van der Waals surface area (Å²) in [6, 6.07) is 7.69. The van der Waals surface area contributed by atoms with Gasteiger partial charge in [0.2, 0.25) is 0 Å². The molecular weight excluding hydrogens is 294 g/mol. The Hall–Kier alpha value is -1.20. The second kappa shape index (κ2) is 5.20. The molecule has 96 valence electrons. The van der Waals surface area contributed by atoms with Crippen molar-refractivity contribution < 1.29 is 5.11 Å². The molecule has 0 bridgehead atoms. The van der Waals surface area contributed by atoms with Gasteiger partial charge in [0, 0.05) is 17.4 Å². The molecule has 0 saturated heterocycles. The van der Waals surface area contributed by atoms with Crippen LogP contribution >= 0.6 is 15.9 Å². The fraction of sp³-hybridized carbons (Fsp3) is 0.385. The fourth-order valence-corrected chi connectivity index (χ4v) is 2.32.